The van der Waals surface area contributed by atoms with E-state index in [4.69, 9.17) is 0 Å². The lowest BCUT2D eigenvalue weighted by molar-refractivity contribution is 0.0932. The normalized spacial score (nSPS) is 17.8. The van der Waals surface area contributed by atoms with Crippen molar-refractivity contribution in [1.29, 1.82) is 0 Å². The third-order valence-electron chi connectivity index (χ3n) is 4.08. The number of piperidine rings is 1. The molecule has 0 saturated carbocycles. The van der Waals surface area contributed by atoms with Crippen molar-refractivity contribution in [1.82, 2.24) is 14.9 Å². The van der Waals surface area contributed by atoms with Crippen LogP contribution in [-0.2, 0) is 7.05 Å². The summed E-state index contributed by atoms with van der Waals surface area (Å²) in [5, 5.41) is 3.06. The van der Waals surface area contributed by atoms with Crippen molar-refractivity contribution in [3.8, 4) is 0 Å². The third kappa shape index (κ3) is 3.59. The molecular formula is C17H20N4O2. The van der Waals surface area contributed by atoms with Crippen molar-refractivity contribution in [2.75, 3.05) is 18.0 Å². The zero-order valence-corrected chi connectivity index (χ0v) is 13.1. The van der Waals surface area contributed by atoms with Crippen molar-refractivity contribution >= 4 is 11.7 Å². The van der Waals surface area contributed by atoms with Crippen molar-refractivity contribution < 1.29 is 4.79 Å². The fourth-order valence-electron chi connectivity index (χ4n) is 2.84. The Morgan fingerprint density at radius 3 is 2.91 bits per heavy atom. The second-order valence-corrected chi connectivity index (χ2v) is 5.81. The Morgan fingerprint density at radius 2 is 2.17 bits per heavy atom. The molecule has 1 amide bonds. The number of hydrogen-bond donors (Lipinski definition) is 1. The maximum atomic E-state index is 12.4. The second kappa shape index (κ2) is 6.64. The molecule has 6 nitrogen and oxygen atoms in total. The number of aryl methyl sites for hydroxylation is 1. The summed E-state index contributed by atoms with van der Waals surface area (Å²) in [4.78, 5) is 30.3. The predicted molar refractivity (Wildman–Crippen MR) is 88.6 cm³/mol. The number of aromatic nitrogens is 2. The van der Waals surface area contributed by atoms with Gasteiger partial charge in [-0.15, -0.1) is 0 Å². The number of nitrogens with one attached hydrogen (secondary N) is 1. The average molecular weight is 312 g/mol. The van der Waals surface area contributed by atoms with Crippen LogP contribution in [0.5, 0.6) is 0 Å². The van der Waals surface area contributed by atoms with Gasteiger partial charge < -0.3 is 14.8 Å². The van der Waals surface area contributed by atoms with E-state index in [0.29, 0.717) is 5.56 Å². The van der Waals surface area contributed by atoms with Gasteiger partial charge in [0.05, 0.1) is 5.56 Å². The van der Waals surface area contributed by atoms with E-state index >= 15 is 0 Å². The summed E-state index contributed by atoms with van der Waals surface area (Å²) < 4.78 is 1.41. The first-order valence-electron chi connectivity index (χ1n) is 7.77. The van der Waals surface area contributed by atoms with E-state index in [-0.39, 0.29) is 17.5 Å². The molecule has 2 aromatic rings. The van der Waals surface area contributed by atoms with Crippen LogP contribution in [0.3, 0.4) is 0 Å². The topological polar surface area (TPSA) is 67.2 Å². The minimum atomic E-state index is -0.145. The molecule has 0 aliphatic carbocycles. The number of carbonyl (C=O) groups is 1. The molecule has 2 aromatic heterocycles. The number of nitrogens with zero attached hydrogens (tertiary/aromatic N) is 3. The minimum absolute atomic E-state index is 0.0792. The second-order valence-electron chi connectivity index (χ2n) is 5.81. The lowest BCUT2D eigenvalue weighted by Gasteiger charge is -2.34. The molecule has 1 N–H and O–H groups in total. The van der Waals surface area contributed by atoms with E-state index in [9.17, 15) is 9.59 Å². The zero-order valence-electron chi connectivity index (χ0n) is 13.1. The van der Waals surface area contributed by atoms with Gasteiger partial charge in [0.25, 0.3) is 5.91 Å². The molecule has 1 aliphatic rings. The fraction of sp³-hybridized carbons (Fsp3) is 0.353. The minimum Gasteiger partial charge on any atom is -0.355 e. The van der Waals surface area contributed by atoms with Crippen LogP contribution in [0.1, 0.15) is 23.2 Å². The predicted octanol–water partition coefficient (Wildman–Crippen LogP) is 1.18. The Labute approximate surface area is 134 Å². The molecule has 0 spiro atoms. The number of carbonyl (C=O) groups excluding carboxylic acids is 1. The molecular weight excluding hydrogens is 292 g/mol. The number of anilines is 1. The highest BCUT2D eigenvalue weighted by Crippen LogP contribution is 2.17. The van der Waals surface area contributed by atoms with Gasteiger partial charge in [0.15, 0.2) is 0 Å². The van der Waals surface area contributed by atoms with Crippen LogP contribution in [-0.4, -0.2) is 34.6 Å². The molecule has 0 unspecified atom stereocenters. The molecule has 23 heavy (non-hydrogen) atoms. The van der Waals surface area contributed by atoms with Crippen LogP contribution in [0.4, 0.5) is 5.82 Å². The average Bonchev–Trinajstić information content (AvgIpc) is 2.58. The van der Waals surface area contributed by atoms with Gasteiger partial charge in [-0.1, -0.05) is 6.07 Å². The lowest BCUT2D eigenvalue weighted by atomic mass is 10.1. The van der Waals surface area contributed by atoms with Gasteiger partial charge in [-0.3, -0.25) is 9.59 Å². The third-order valence-corrected chi connectivity index (χ3v) is 4.08. The zero-order chi connectivity index (χ0) is 16.2. The molecule has 3 rings (SSSR count). The van der Waals surface area contributed by atoms with Gasteiger partial charge >= 0.3 is 0 Å². The Hall–Kier alpha value is -2.63. The summed E-state index contributed by atoms with van der Waals surface area (Å²) in [6.07, 6.45) is 5.30. The highest BCUT2D eigenvalue weighted by molar-refractivity contribution is 5.94. The van der Waals surface area contributed by atoms with Crippen molar-refractivity contribution in [2.24, 2.45) is 7.05 Å². The first-order valence-corrected chi connectivity index (χ1v) is 7.77. The van der Waals surface area contributed by atoms with E-state index < -0.39 is 0 Å². The molecule has 0 aromatic carbocycles. The van der Waals surface area contributed by atoms with Gasteiger partial charge in [-0.2, -0.15) is 0 Å². The van der Waals surface area contributed by atoms with Crippen LogP contribution >= 0.6 is 0 Å². The molecule has 6 heteroatoms. The van der Waals surface area contributed by atoms with Crippen molar-refractivity contribution in [3.63, 3.8) is 0 Å². The summed E-state index contributed by atoms with van der Waals surface area (Å²) in [7, 11) is 1.64. The molecule has 120 valence electrons. The highest BCUT2D eigenvalue weighted by Gasteiger charge is 2.22. The van der Waals surface area contributed by atoms with Crippen LogP contribution < -0.4 is 15.8 Å². The number of rotatable bonds is 3. The lowest BCUT2D eigenvalue weighted by Crippen LogP contribution is -2.48. The molecule has 1 atom stereocenters. The highest BCUT2D eigenvalue weighted by atomic mass is 16.2. The van der Waals surface area contributed by atoms with E-state index in [1.54, 1.807) is 25.5 Å². The Morgan fingerprint density at radius 1 is 1.30 bits per heavy atom. The Balaban J connectivity index is 1.66. The van der Waals surface area contributed by atoms with Gasteiger partial charge in [-0.05, 0) is 31.0 Å². The Bertz CT molecular complexity index is 742. The van der Waals surface area contributed by atoms with Crippen LogP contribution in [0.15, 0.2) is 47.5 Å². The number of pyridine rings is 2. The fourth-order valence-corrected chi connectivity index (χ4v) is 2.84. The van der Waals surface area contributed by atoms with E-state index in [2.05, 4.69) is 15.2 Å². The quantitative estimate of drug-likeness (QED) is 0.924. The number of amides is 1. The molecule has 0 radical (unpaired) electrons. The van der Waals surface area contributed by atoms with Gasteiger partial charge in [0.2, 0.25) is 5.56 Å². The summed E-state index contributed by atoms with van der Waals surface area (Å²) in [5.74, 6) is 0.794. The Kier molecular flexibility index (Phi) is 4.41. The maximum absolute atomic E-state index is 12.4. The van der Waals surface area contributed by atoms with Crippen LogP contribution in [0.2, 0.25) is 0 Å². The smallest absolute Gasteiger partial charge is 0.253 e. The van der Waals surface area contributed by atoms with Crippen molar-refractivity contribution in [3.05, 3.63) is 58.6 Å². The molecule has 1 aliphatic heterocycles. The summed E-state index contributed by atoms with van der Waals surface area (Å²) >= 11 is 0. The SMILES string of the molecule is Cn1cc(C(=O)N[C@H]2CCCN(c3ccccn3)C2)ccc1=O. The molecule has 1 fully saturated rings. The molecule has 0 bridgehead atoms. The summed E-state index contributed by atoms with van der Waals surface area (Å²) in [6.45, 7) is 1.69. The van der Waals surface area contributed by atoms with Crippen LogP contribution in [0, 0.1) is 0 Å². The monoisotopic (exact) mass is 312 g/mol. The summed E-state index contributed by atoms with van der Waals surface area (Å²) in [6, 6.07) is 8.90. The van der Waals surface area contributed by atoms with E-state index in [1.807, 2.05) is 18.2 Å². The molecule has 3 heterocycles. The largest absolute Gasteiger partial charge is 0.355 e. The standard InChI is InChI=1S/C17H20N4O2/c1-20-11-13(7-8-16(20)22)17(23)19-14-5-4-10-21(12-14)15-6-2-3-9-18-15/h2-3,6-9,11,14H,4-5,10,12H2,1H3,(H,19,23)/t14-/m0/s1. The number of hydrogen-bond acceptors (Lipinski definition) is 4. The van der Waals surface area contributed by atoms with E-state index in [0.717, 1.165) is 31.7 Å². The first kappa shape index (κ1) is 15.3. The van der Waals surface area contributed by atoms with Gasteiger partial charge in [0, 0.05) is 44.6 Å². The summed E-state index contributed by atoms with van der Waals surface area (Å²) in [5.41, 5.74) is 0.377. The van der Waals surface area contributed by atoms with Crippen molar-refractivity contribution in [2.45, 2.75) is 18.9 Å². The first-order chi connectivity index (χ1) is 11.1. The van der Waals surface area contributed by atoms with Gasteiger partial charge in [0.1, 0.15) is 5.82 Å². The van der Waals surface area contributed by atoms with E-state index in [1.165, 1.54) is 10.6 Å². The molecule has 1 saturated heterocycles. The van der Waals surface area contributed by atoms with Gasteiger partial charge in [-0.25, -0.2) is 4.98 Å². The maximum Gasteiger partial charge on any atom is 0.253 e. The van der Waals surface area contributed by atoms with Crippen LogP contribution in [0.25, 0.3) is 0 Å².